The van der Waals surface area contributed by atoms with E-state index >= 15 is 0 Å². The van der Waals surface area contributed by atoms with Crippen molar-refractivity contribution in [3.8, 4) is 0 Å². The van der Waals surface area contributed by atoms with Crippen molar-refractivity contribution in [1.82, 2.24) is 0 Å². The fraction of sp³-hybridized carbons (Fsp3) is 0.857. The summed E-state index contributed by atoms with van der Waals surface area (Å²) in [5, 5.41) is 0. The van der Waals surface area contributed by atoms with Crippen LogP contribution in [0.15, 0.2) is 0 Å². The molecule has 1 aliphatic heterocycles. The second-order valence-corrected chi connectivity index (χ2v) is 3.71. The monoisotopic (exact) mass is 191 g/mol. The van der Waals surface area contributed by atoms with Gasteiger partial charge in [0.15, 0.2) is 0 Å². The predicted molar refractivity (Wildman–Crippen MR) is 46.6 cm³/mol. The van der Waals surface area contributed by atoms with E-state index in [2.05, 4.69) is 0 Å². The number of hydrogen-bond acceptors (Lipinski definition) is 5. The minimum atomic E-state index is -1.21. The number of ether oxygens (including phenoxy) is 2. The van der Waals surface area contributed by atoms with Gasteiger partial charge in [-0.15, -0.1) is 0 Å². The molecule has 2 atom stereocenters. The van der Waals surface area contributed by atoms with E-state index in [4.69, 9.17) is 15.2 Å². The molecule has 0 aromatic rings. The van der Waals surface area contributed by atoms with Crippen molar-refractivity contribution in [3.63, 3.8) is 0 Å². The van der Waals surface area contributed by atoms with Crippen LogP contribution in [0.25, 0.3) is 0 Å². The molecule has 12 heavy (non-hydrogen) atoms. The highest BCUT2D eigenvalue weighted by Crippen LogP contribution is 2.23. The van der Waals surface area contributed by atoms with Gasteiger partial charge >= 0.3 is 5.97 Å². The number of nitrogens with two attached hydrogens (primary N) is 1. The minimum Gasteiger partial charge on any atom is -0.433 e. The molecule has 0 bridgehead atoms. The maximum Gasteiger partial charge on any atom is 0.356 e. The maximum absolute atomic E-state index is 11.1. The molecule has 0 spiro atoms. The second kappa shape index (κ2) is 3.64. The highest BCUT2D eigenvalue weighted by Gasteiger charge is 2.45. The summed E-state index contributed by atoms with van der Waals surface area (Å²) in [5.41, 5.74) is 4.46. The fourth-order valence-corrected chi connectivity index (χ4v) is 1.54. The molecule has 2 unspecified atom stereocenters. The van der Waals surface area contributed by atoms with Crippen LogP contribution in [0.3, 0.4) is 0 Å². The van der Waals surface area contributed by atoms with Gasteiger partial charge in [-0.1, -0.05) is 0 Å². The van der Waals surface area contributed by atoms with Crippen LogP contribution < -0.4 is 5.73 Å². The molecule has 1 heterocycles. The lowest BCUT2D eigenvalue weighted by molar-refractivity contribution is -0.144. The molecular formula is C7H13NO3S. The van der Waals surface area contributed by atoms with E-state index in [1.807, 2.05) is 6.26 Å². The third kappa shape index (κ3) is 1.91. The molecule has 0 aromatic carbocycles. The molecule has 0 radical (unpaired) electrons. The molecule has 5 heteroatoms. The van der Waals surface area contributed by atoms with Gasteiger partial charge in [0, 0.05) is 6.42 Å². The van der Waals surface area contributed by atoms with E-state index in [1.165, 1.54) is 0 Å². The zero-order valence-electron chi connectivity index (χ0n) is 7.20. The second-order valence-electron chi connectivity index (χ2n) is 2.72. The van der Waals surface area contributed by atoms with Crippen molar-refractivity contribution in [2.24, 2.45) is 5.73 Å². The summed E-state index contributed by atoms with van der Waals surface area (Å²) >= 11 is 1.62. The quantitative estimate of drug-likeness (QED) is 0.651. The number of carbonyl (C=O) groups excluding carboxylic acids is 1. The van der Waals surface area contributed by atoms with Gasteiger partial charge in [0.1, 0.15) is 0 Å². The number of hydrogen-bond donors (Lipinski definition) is 1. The van der Waals surface area contributed by atoms with Crippen molar-refractivity contribution in [2.45, 2.75) is 25.4 Å². The summed E-state index contributed by atoms with van der Waals surface area (Å²) < 4.78 is 9.93. The summed E-state index contributed by atoms with van der Waals surface area (Å²) in [5.74, 6) is 0.335. The van der Waals surface area contributed by atoms with Gasteiger partial charge in [0.2, 0.25) is 12.0 Å². The van der Waals surface area contributed by atoms with Crippen LogP contribution in [0, 0.1) is 0 Å². The van der Waals surface area contributed by atoms with Crippen molar-refractivity contribution in [2.75, 3.05) is 12.0 Å². The first-order valence-electron chi connectivity index (χ1n) is 3.75. The number of cyclic esters (lactones) is 1. The Kier molecular flexibility index (Phi) is 2.98. The van der Waals surface area contributed by atoms with E-state index in [-0.39, 0.29) is 0 Å². The zero-order chi connectivity index (χ0) is 9.19. The molecule has 0 aliphatic carbocycles. The number of thioether (sulfide) groups is 1. The minimum absolute atomic E-state index is 0.455. The average molecular weight is 191 g/mol. The Bertz CT molecular complexity index is 187. The predicted octanol–water partition coefficient (Wildman–Crippen LogP) is 0.314. The number of esters is 1. The maximum atomic E-state index is 11.1. The van der Waals surface area contributed by atoms with Crippen LogP contribution in [0.4, 0.5) is 0 Å². The SMILES string of the molecule is CSCCC1(N)OC(C)OC1=O. The first-order valence-corrected chi connectivity index (χ1v) is 5.14. The summed E-state index contributed by atoms with van der Waals surface area (Å²) in [6.07, 6.45) is 1.94. The van der Waals surface area contributed by atoms with Gasteiger partial charge in [-0.05, 0) is 18.9 Å². The van der Waals surface area contributed by atoms with E-state index in [9.17, 15) is 4.79 Å². The molecule has 1 saturated heterocycles. The molecule has 4 nitrogen and oxygen atoms in total. The summed E-state index contributed by atoms with van der Waals surface area (Å²) in [7, 11) is 0. The molecule has 70 valence electrons. The Hall–Kier alpha value is -0.260. The first-order chi connectivity index (χ1) is 5.58. The smallest absolute Gasteiger partial charge is 0.356 e. The van der Waals surface area contributed by atoms with Gasteiger partial charge in [0.25, 0.3) is 0 Å². The van der Waals surface area contributed by atoms with Crippen LogP contribution in [-0.2, 0) is 14.3 Å². The van der Waals surface area contributed by atoms with Gasteiger partial charge in [0.05, 0.1) is 0 Å². The normalized spacial score (nSPS) is 35.2. The van der Waals surface area contributed by atoms with E-state index in [0.717, 1.165) is 5.75 Å². The van der Waals surface area contributed by atoms with Crippen LogP contribution in [-0.4, -0.2) is 30.0 Å². The van der Waals surface area contributed by atoms with E-state index in [0.29, 0.717) is 6.42 Å². The van der Waals surface area contributed by atoms with Crippen molar-refractivity contribution >= 4 is 17.7 Å². The Labute approximate surface area is 75.8 Å². The third-order valence-corrected chi connectivity index (χ3v) is 2.28. The molecule has 0 amide bonds. The first kappa shape index (κ1) is 9.83. The Morgan fingerprint density at radius 1 is 1.75 bits per heavy atom. The highest BCUT2D eigenvalue weighted by atomic mass is 32.2. The molecule has 1 fully saturated rings. The Balaban J connectivity index is 2.52. The lowest BCUT2D eigenvalue weighted by atomic mass is 10.2. The Morgan fingerprint density at radius 3 is 2.83 bits per heavy atom. The summed E-state index contributed by atoms with van der Waals surface area (Å²) in [6.45, 7) is 1.66. The van der Waals surface area contributed by atoms with Gasteiger partial charge in [-0.3, -0.25) is 5.73 Å². The largest absolute Gasteiger partial charge is 0.433 e. The fourth-order valence-electron chi connectivity index (χ4n) is 1.03. The topological polar surface area (TPSA) is 61.6 Å². The lowest BCUT2D eigenvalue weighted by Gasteiger charge is -2.17. The standard InChI is InChI=1S/C7H13NO3S/c1-5-10-6(9)7(8,11-5)3-4-12-2/h5H,3-4,8H2,1-2H3. The summed E-state index contributed by atoms with van der Waals surface area (Å²) in [6, 6.07) is 0. The molecule has 1 rings (SSSR count). The van der Waals surface area contributed by atoms with E-state index in [1.54, 1.807) is 18.7 Å². The Morgan fingerprint density at radius 2 is 2.42 bits per heavy atom. The van der Waals surface area contributed by atoms with Crippen molar-refractivity contribution in [1.29, 1.82) is 0 Å². The number of rotatable bonds is 3. The molecular weight excluding hydrogens is 178 g/mol. The van der Waals surface area contributed by atoms with Crippen molar-refractivity contribution in [3.05, 3.63) is 0 Å². The molecule has 1 aliphatic rings. The average Bonchev–Trinajstić information content (AvgIpc) is 2.23. The van der Waals surface area contributed by atoms with Crippen LogP contribution in [0.2, 0.25) is 0 Å². The summed E-state index contributed by atoms with van der Waals surface area (Å²) in [4.78, 5) is 11.1. The molecule has 0 aromatic heterocycles. The third-order valence-electron chi connectivity index (χ3n) is 1.67. The van der Waals surface area contributed by atoms with Crippen LogP contribution in [0.5, 0.6) is 0 Å². The van der Waals surface area contributed by atoms with Gasteiger partial charge < -0.3 is 9.47 Å². The van der Waals surface area contributed by atoms with Crippen molar-refractivity contribution < 1.29 is 14.3 Å². The molecule has 0 saturated carbocycles. The zero-order valence-corrected chi connectivity index (χ0v) is 8.02. The van der Waals surface area contributed by atoms with Gasteiger partial charge in [-0.2, -0.15) is 11.8 Å². The highest BCUT2D eigenvalue weighted by molar-refractivity contribution is 7.98. The van der Waals surface area contributed by atoms with Crippen LogP contribution in [0.1, 0.15) is 13.3 Å². The lowest BCUT2D eigenvalue weighted by Crippen LogP contribution is -2.46. The van der Waals surface area contributed by atoms with Crippen LogP contribution >= 0.6 is 11.8 Å². The molecule has 2 N–H and O–H groups in total. The van der Waals surface area contributed by atoms with E-state index < -0.39 is 18.0 Å². The van der Waals surface area contributed by atoms with Gasteiger partial charge in [-0.25, -0.2) is 4.79 Å². The number of carbonyl (C=O) groups is 1.